The molecule has 0 aromatic heterocycles. The SMILES string of the molecule is CCCCCCC(=O)N[C@@H](CCC)C(=O)O. The number of unbranched alkanes of at least 4 members (excludes halogenated alkanes) is 3. The predicted octanol–water partition coefficient (Wildman–Crippen LogP) is 2.33. The molecule has 0 bridgehead atoms. The highest BCUT2D eigenvalue weighted by molar-refractivity contribution is 5.83. The third kappa shape index (κ3) is 7.26. The minimum Gasteiger partial charge on any atom is -0.480 e. The fourth-order valence-electron chi connectivity index (χ4n) is 1.52. The Bertz CT molecular complexity index is 216. The summed E-state index contributed by atoms with van der Waals surface area (Å²) in [7, 11) is 0. The van der Waals surface area contributed by atoms with Crippen LogP contribution in [-0.4, -0.2) is 23.0 Å². The molecule has 0 aliphatic carbocycles. The number of carboxylic acid groups (broad SMARTS) is 1. The number of carbonyl (C=O) groups is 2. The highest BCUT2D eigenvalue weighted by Crippen LogP contribution is 2.03. The number of amides is 1. The number of rotatable bonds is 9. The number of hydrogen-bond acceptors (Lipinski definition) is 2. The molecular formula is C12H23NO3. The lowest BCUT2D eigenvalue weighted by molar-refractivity contribution is -0.142. The van der Waals surface area contributed by atoms with Gasteiger partial charge < -0.3 is 10.4 Å². The molecule has 0 saturated heterocycles. The van der Waals surface area contributed by atoms with Crippen LogP contribution in [0.1, 0.15) is 58.8 Å². The summed E-state index contributed by atoms with van der Waals surface area (Å²) in [6.45, 7) is 4.02. The van der Waals surface area contributed by atoms with Crippen LogP contribution < -0.4 is 5.32 Å². The van der Waals surface area contributed by atoms with E-state index in [1.54, 1.807) is 0 Å². The van der Waals surface area contributed by atoms with Crippen LogP contribution in [0.15, 0.2) is 0 Å². The molecule has 1 amide bonds. The fraction of sp³-hybridized carbons (Fsp3) is 0.833. The maximum Gasteiger partial charge on any atom is 0.326 e. The van der Waals surface area contributed by atoms with Gasteiger partial charge in [-0.15, -0.1) is 0 Å². The standard InChI is InChI=1S/C12H23NO3/c1-3-5-6-7-9-11(14)13-10(8-4-2)12(15)16/h10H,3-9H2,1-2H3,(H,13,14)(H,15,16)/t10-/m0/s1. The van der Waals surface area contributed by atoms with Gasteiger partial charge in [0.2, 0.25) is 5.91 Å². The molecule has 2 N–H and O–H groups in total. The van der Waals surface area contributed by atoms with Crippen LogP contribution in [0.5, 0.6) is 0 Å². The van der Waals surface area contributed by atoms with E-state index in [0.29, 0.717) is 12.8 Å². The minimum absolute atomic E-state index is 0.142. The summed E-state index contributed by atoms with van der Waals surface area (Å²) in [5, 5.41) is 11.4. The van der Waals surface area contributed by atoms with Crippen molar-refractivity contribution in [3.63, 3.8) is 0 Å². The number of carbonyl (C=O) groups excluding carboxylic acids is 1. The lowest BCUT2D eigenvalue weighted by atomic mass is 10.1. The molecule has 4 heteroatoms. The quantitative estimate of drug-likeness (QED) is 0.596. The van der Waals surface area contributed by atoms with E-state index in [0.717, 1.165) is 32.1 Å². The molecule has 0 aliphatic rings. The zero-order valence-corrected chi connectivity index (χ0v) is 10.3. The summed E-state index contributed by atoms with van der Waals surface area (Å²) >= 11 is 0. The number of carboxylic acids is 1. The lowest BCUT2D eigenvalue weighted by Crippen LogP contribution is -2.40. The van der Waals surface area contributed by atoms with Crippen LogP contribution >= 0.6 is 0 Å². The number of nitrogens with one attached hydrogen (secondary N) is 1. The zero-order chi connectivity index (χ0) is 12.4. The van der Waals surface area contributed by atoms with Gasteiger partial charge >= 0.3 is 5.97 Å². The van der Waals surface area contributed by atoms with E-state index in [1.165, 1.54) is 0 Å². The maximum absolute atomic E-state index is 11.4. The lowest BCUT2D eigenvalue weighted by Gasteiger charge is -2.13. The molecule has 94 valence electrons. The largest absolute Gasteiger partial charge is 0.480 e. The summed E-state index contributed by atoms with van der Waals surface area (Å²) in [6.07, 6.45) is 5.84. The molecule has 0 rings (SSSR count). The Balaban J connectivity index is 3.77. The van der Waals surface area contributed by atoms with Gasteiger partial charge in [-0.2, -0.15) is 0 Å². The monoisotopic (exact) mass is 229 g/mol. The first-order valence-electron chi connectivity index (χ1n) is 6.14. The van der Waals surface area contributed by atoms with Crippen molar-refractivity contribution < 1.29 is 14.7 Å². The normalized spacial score (nSPS) is 12.1. The topological polar surface area (TPSA) is 66.4 Å². The Morgan fingerprint density at radius 3 is 2.31 bits per heavy atom. The summed E-state index contributed by atoms with van der Waals surface area (Å²) in [5.41, 5.74) is 0. The van der Waals surface area contributed by atoms with Crippen molar-refractivity contribution in [1.82, 2.24) is 5.32 Å². The Labute approximate surface area is 97.4 Å². The Hall–Kier alpha value is -1.06. The smallest absolute Gasteiger partial charge is 0.326 e. The van der Waals surface area contributed by atoms with Gasteiger partial charge in [-0.05, 0) is 12.8 Å². The van der Waals surface area contributed by atoms with Gasteiger partial charge in [-0.25, -0.2) is 4.79 Å². The van der Waals surface area contributed by atoms with Gasteiger partial charge in [-0.3, -0.25) is 4.79 Å². The summed E-state index contributed by atoms with van der Waals surface area (Å²) in [6, 6.07) is -0.719. The molecule has 0 unspecified atom stereocenters. The van der Waals surface area contributed by atoms with E-state index in [9.17, 15) is 9.59 Å². The van der Waals surface area contributed by atoms with Gasteiger partial charge in [-0.1, -0.05) is 39.5 Å². The Kier molecular flexibility index (Phi) is 8.58. The number of hydrogen-bond donors (Lipinski definition) is 2. The fourth-order valence-corrected chi connectivity index (χ4v) is 1.52. The summed E-state index contributed by atoms with van der Waals surface area (Å²) < 4.78 is 0. The van der Waals surface area contributed by atoms with E-state index >= 15 is 0 Å². The minimum atomic E-state index is -0.941. The third-order valence-corrected chi connectivity index (χ3v) is 2.47. The summed E-state index contributed by atoms with van der Waals surface area (Å²) in [4.78, 5) is 22.2. The van der Waals surface area contributed by atoms with Crippen molar-refractivity contribution in [3.8, 4) is 0 Å². The van der Waals surface area contributed by atoms with Crippen molar-refractivity contribution in [1.29, 1.82) is 0 Å². The molecule has 0 saturated carbocycles. The second-order valence-corrected chi connectivity index (χ2v) is 4.06. The molecule has 0 spiro atoms. The zero-order valence-electron chi connectivity index (χ0n) is 10.3. The summed E-state index contributed by atoms with van der Waals surface area (Å²) in [5.74, 6) is -1.08. The van der Waals surface area contributed by atoms with Crippen LogP contribution in [-0.2, 0) is 9.59 Å². The van der Waals surface area contributed by atoms with Crippen molar-refractivity contribution in [2.24, 2.45) is 0 Å². The van der Waals surface area contributed by atoms with Gasteiger partial charge in [0.05, 0.1) is 0 Å². The molecule has 0 fully saturated rings. The first-order valence-corrected chi connectivity index (χ1v) is 6.14. The van der Waals surface area contributed by atoms with E-state index in [1.807, 2.05) is 6.92 Å². The van der Waals surface area contributed by atoms with Crippen LogP contribution in [0.25, 0.3) is 0 Å². The van der Waals surface area contributed by atoms with Gasteiger partial charge in [0.1, 0.15) is 6.04 Å². The van der Waals surface area contributed by atoms with Crippen LogP contribution in [0.4, 0.5) is 0 Å². The van der Waals surface area contributed by atoms with Crippen molar-refractivity contribution in [3.05, 3.63) is 0 Å². The highest BCUT2D eigenvalue weighted by Gasteiger charge is 2.17. The highest BCUT2D eigenvalue weighted by atomic mass is 16.4. The second kappa shape index (κ2) is 9.19. The molecule has 0 aromatic rings. The Morgan fingerprint density at radius 2 is 1.81 bits per heavy atom. The van der Waals surface area contributed by atoms with Crippen LogP contribution in [0.2, 0.25) is 0 Å². The van der Waals surface area contributed by atoms with Crippen molar-refractivity contribution >= 4 is 11.9 Å². The average molecular weight is 229 g/mol. The van der Waals surface area contributed by atoms with Crippen molar-refractivity contribution in [2.45, 2.75) is 64.8 Å². The molecular weight excluding hydrogens is 206 g/mol. The molecule has 0 radical (unpaired) electrons. The van der Waals surface area contributed by atoms with Crippen LogP contribution in [0.3, 0.4) is 0 Å². The molecule has 0 aliphatic heterocycles. The molecule has 1 atom stereocenters. The van der Waals surface area contributed by atoms with Crippen LogP contribution in [0, 0.1) is 0 Å². The van der Waals surface area contributed by atoms with Gasteiger partial charge in [0, 0.05) is 6.42 Å². The first-order chi connectivity index (χ1) is 7.61. The number of aliphatic carboxylic acids is 1. The van der Waals surface area contributed by atoms with E-state index in [-0.39, 0.29) is 5.91 Å². The van der Waals surface area contributed by atoms with Gasteiger partial charge in [0.15, 0.2) is 0 Å². The average Bonchev–Trinajstić information content (AvgIpc) is 2.23. The Morgan fingerprint density at radius 1 is 1.12 bits per heavy atom. The third-order valence-electron chi connectivity index (χ3n) is 2.47. The molecule has 16 heavy (non-hydrogen) atoms. The van der Waals surface area contributed by atoms with E-state index < -0.39 is 12.0 Å². The molecule has 0 aromatic carbocycles. The predicted molar refractivity (Wildman–Crippen MR) is 63.2 cm³/mol. The first kappa shape index (κ1) is 14.9. The van der Waals surface area contributed by atoms with E-state index in [2.05, 4.69) is 12.2 Å². The van der Waals surface area contributed by atoms with Gasteiger partial charge in [0.25, 0.3) is 0 Å². The molecule has 4 nitrogen and oxygen atoms in total. The second-order valence-electron chi connectivity index (χ2n) is 4.06. The van der Waals surface area contributed by atoms with E-state index in [4.69, 9.17) is 5.11 Å². The maximum atomic E-state index is 11.4. The molecule has 0 heterocycles. The van der Waals surface area contributed by atoms with Crippen molar-refractivity contribution in [2.75, 3.05) is 0 Å².